The number of hydrogen-bond donors (Lipinski definition) is 0. The molecule has 0 aliphatic carbocycles. The molecule has 2 aromatic rings. The van der Waals surface area contributed by atoms with Crippen molar-refractivity contribution in [1.82, 2.24) is 19.5 Å². The number of hydrogen-bond acceptors (Lipinski definition) is 4. The van der Waals surface area contributed by atoms with Gasteiger partial charge in [0.1, 0.15) is 5.82 Å². The third kappa shape index (κ3) is 3.33. The fourth-order valence-corrected chi connectivity index (χ4v) is 3.06. The maximum Gasteiger partial charge on any atom is 0.401 e. The van der Waals surface area contributed by atoms with Crippen LogP contribution < -0.4 is 4.90 Å². The minimum Gasteiger partial charge on any atom is -0.354 e. The summed E-state index contributed by atoms with van der Waals surface area (Å²) in [5, 5.41) is 4.56. The van der Waals surface area contributed by atoms with Crippen molar-refractivity contribution in [3.05, 3.63) is 23.0 Å². The van der Waals surface area contributed by atoms with Gasteiger partial charge in [0.25, 0.3) is 0 Å². The summed E-state index contributed by atoms with van der Waals surface area (Å²) in [6, 6.07) is 2.00. The summed E-state index contributed by atoms with van der Waals surface area (Å²) >= 11 is 0. The average Bonchev–Trinajstić information content (AvgIpc) is 2.81. The molecule has 0 saturated carbocycles. The summed E-state index contributed by atoms with van der Waals surface area (Å²) in [5.41, 5.74) is 3.77. The zero-order valence-corrected chi connectivity index (χ0v) is 14.2. The van der Waals surface area contributed by atoms with Crippen LogP contribution in [0.2, 0.25) is 0 Å². The predicted octanol–water partition coefficient (Wildman–Crippen LogP) is 2.59. The van der Waals surface area contributed by atoms with Gasteiger partial charge in [-0.3, -0.25) is 4.90 Å². The summed E-state index contributed by atoms with van der Waals surface area (Å²) in [7, 11) is 0. The number of aromatic nitrogens is 3. The Balaban J connectivity index is 1.86. The number of fused-ring (bicyclic) bond motifs is 1. The molecule has 0 radical (unpaired) electrons. The minimum atomic E-state index is -4.14. The van der Waals surface area contributed by atoms with Crippen molar-refractivity contribution in [3.8, 4) is 0 Å². The van der Waals surface area contributed by atoms with Crippen molar-refractivity contribution in [2.24, 2.45) is 0 Å². The number of anilines is 1. The van der Waals surface area contributed by atoms with E-state index in [-0.39, 0.29) is 0 Å². The number of halogens is 3. The molecule has 132 valence electrons. The average molecular weight is 341 g/mol. The Hall–Kier alpha value is -1.83. The van der Waals surface area contributed by atoms with E-state index < -0.39 is 12.7 Å². The molecule has 1 saturated heterocycles. The van der Waals surface area contributed by atoms with E-state index in [4.69, 9.17) is 0 Å². The van der Waals surface area contributed by atoms with Gasteiger partial charge in [-0.1, -0.05) is 6.92 Å². The Morgan fingerprint density at radius 3 is 2.38 bits per heavy atom. The topological polar surface area (TPSA) is 36.7 Å². The van der Waals surface area contributed by atoms with Gasteiger partial charge < -0.3 is 4.90 Å². The number of aryl methyl sites for hydroxylation is 3. The highest BCUT2D eigenvalue weighted by Gasteiger charge is 2.32. The lowest BCUT2D eigenvalue weighted by Crippen LogP contribution is -2.49. The highest BCUT2D eigenvalue weighted by molar-refractivity contribution is 5.57. The van der Waals surface area contributed by atoms with Crippen molar-refractivity contribution < 1.29 is 13.2 Å². The molecule has 1 fully saturated rings. The van der Waals surface area contributed by atoms with Crippen LogP contribution in [0.3, 0.4) is 0 Å². The Bertz CT molecular complexity index is 729. The monoisotopic (exact) mass is 341 g/mol. The van der Waals surface area contributed by atoms with Crippen LogP contribution in [0.25, 0.3) is 5.65 Å². The molecule has 0 spiro atoms. The first-order chi connectivity index (χ1) is 11.3. The largest absolute Gasteiger partial charge is 0.401 e. The molecule has 0 N–H and O–H groups in total. The molecule has 1 aliphatic rings. The quantitative estimate of drug-likeness (QED) is 0.860. The first-order valence-corrected chi connectivity index (χ1v) is 8.18. The molecular formula is C16H22F3N5. The summed E-state index contributed by atoms with van der Waals surface area (Å²) in [6.45, 7) is 7.03. The Morgan fingerprint density at radius 1 is 1.12 bits per heavy atom. The van der Waals surface area contributed by atoms with E-state index in [1.165, 1.54) is 4.90 Å². The summed E-state index contributed by atoms with van der Waals surface area (Å²) in [6.07, 6.45) is -3.33. The molecule has 0 atom stereocenters. The standard InChI is InChI=1S/C16H22F3N5/c1-4-13-9-14(24-15(20-13)11(2)12(3)21-24)23-7-5-22(6-8-23)10-16(17,18)19/h9H,4-8,10H2,1-3H3. The van der Waals surface area contributed by atoms with Crippen molar-refractivity contribution in [1.29, 1.82) is 0 Å². The molecule has 3 rings (SSSR count). The lowest BCUT2D eigenvalue weighted by atomic mass is 10.2. The third-order valence-corrected chi connectivity index (χ3v) is 4.55. The zero-order chi connectivity index (χ0) is 17.5. The van der Waals surface area contributed by atoms with E-state index in [2.05, 4.69) is 15.0 Å². The molecule has 0 amide bonds. The van der Waals surface area contributed by atoms with Crippen LogP contribution in [-0.4, -0.2) is 58.4 Å². The number of alkyl halides is 3. The molecule has 0 aromatic carbocycles. The molecule has 0 unspecified atom stereocenters. The van der Waals surface area contributed by atoms with Crippen LogP contribution in [0.15, 0.2) is 6.07 Å². The highest BCUT2D eigenvalue weighted by atomic mass is 19.4. The smallest absolute Gasteiger partial charge is 0.354 e. The van der Waals surface area contributed by atoms with E-state index in [1.54, 1.807) is 0 Å². The Labute approximate surface area is 139 Å². The second-order valence-electron chi connectivity index (χ2n) is 6.28. The molecule has 8 heteroatoms. The molecule has 3 heterocycles. The Kier molecular flexibility index (Phi) is 4.42. The van der Waals surface area contributed by atoms with Crippen molar-refractivity contribution in [2.45, 2.75) is 33.4 Å². The number of nitrogens with zero attached hydrogens (tertiary/aromatic N) is 5. The van der Waals surface area contributed by atoms with E-state index in [9.17, 15) is 13.2 Å². The first-order valence-electron chi connectivity index (χ1n) is 8.18. The third-order valence-electron chi connectivity index (χ3n) is 4.55. The highest BCUT2D eigenvalue weighted by Crippen LogP contribution is 2.24. The fraction of sp³-hybridized carbons (Fsp3) is 0.625. The number of rotatable bonds is 3. The molecule has 0 bridgehead atoms. The van der Waals surface area contributed by atoms with Crippen LogP contribution in [0.4, 0.5) is 19.0 Å². The van der Waals surface area contributed by atoms with Gasteiger partial charge in [-0.15, -0.1) is 0 Å². The van der Waals surface area contributed by atoms with Crippen LogP contribution in [-0.2, 0) is 6.42 Å². The second kappa shape index (κ2) is 6.23. The SMILES string of the molecule is CCc1cc(N2CCN(CC(F)(F)F)CC2)n2nc(C)c(C)c2n1. The van der Waals surface area contributed by atoms with Crippen molar-refractivity contribution in [2.75, 3.05) is 37.6 Å². The molecular weight excluding hydrogens is 319 g/mol. The molecule has 1 aliphatic heterocycles. The van der Waals surface area contributed by atoms with Crippen LogP contribution in [0.5, 0.6) is 0 Å². The van der Waals surface area contributed by atoms with Crippen molar-refractivity contribution >= 4 is 11.5 Å². The number of piperazine rings is 1. The van der Waals surface area contributed by atoms with Crippen LogP contribution in [0.1, 0.15) is 23.9 Å². The van der Waals surface area contributed by atoms with Crippen molar-refractivity contribution in [3.63, 3.8) is 0 Å². The van der Waals surface area contributed by atoms with Crippen LogP contribution in [0, 0.1) is 13.8 Å². The van der Waals surface area contributed by atoms with Gasteiger partial charge in [0.15, 0.2) is 5.65 Å². The predicted molar refractivity (Wildman–Crippen MR) is 86.5 cm³/mol. The van der Waals surface area contributed by atoms with Gasteiger partial charge >= 0.3 is 6.18 Å². The van der Waals surface area contributed by atoms with E-state index >= 15 is 0 Å². The maximum absolute atomic E-state index is 12.5. The molecule has 5 nitrogen and oxygen atoms in total. The van der Waals surface area contributed by atoms with E-state index in [0.717, 1.165) is 34.8 Å². The van der Waals surface area contributed by atoms with Gasteiger partial charge in [0, 0.05) is 43.5 Å². The minimum absolute atomic E-state index is 0.393. The normalized spacial score (nSPS) is 17.0. The lowest BCUT2D eigenvalue weighted by Gasteiger charge is -2.36. The summed E-state index contributed by atoms with van der Waals surface area (Å²) in [4.78, 5) is 8.20. The second-order valence-corrected chi connectivity index (χ2v) is 6.28. The zero-order valence-electron chi connectivity index (χ0n) is 14.2. The lowest BCUT2D eigenvalue weighted by molar-refractivity contribution is -0.146. The Morgan fingerprint density at radius 2 is 1.79 bits per heavy atom. The van der Waals surface area contributed by atoms with Gasteiger partial charge in [-0.25, -0.2) is 4.98 Å². The summed E-state index contributed by atoms with van der Waals surface area (Å²) in [5.74, 6) is 0.916. The molecule has 24 heavy (non-hydrogen) atoms. The van der Waals surface area contributed by atoms with E-state index in [1.807, 2.05) is 31.4 Å². The van der Waals surface area contributed by atoms with Gasteiger partial charge in [-0.2, -0.15) is 22.8 Å². The van der Waals surface area contributed by atoms with Gasteiger partial charge in [0.2, 0.25) is 0 Å². The van der Waals surface area contributed by atoms with E-state index in [0.29, 0.717) is 26.2 Å². The fourth-order valence-electron chi connectivity index (χ4n) is 3.06. The first kappa shape index (κ1) is 17.0. The molecule has 2 aromatic heterocycles. The summed E-state index contributed by atoms with van der Waals surface area (Å²) < 4.78 is 39.4. The van der Waals surface area contributed by atoms with Gasteiger partial charge in [-0.05, 0) is 20.3 Å². The van der Waals surface area contributed by atoms with Crippen LogP contribution >= 0.6 is 0 Å². The maximum atomic E-state index is 12.5. The van der Waals surface area contributed by atoms with Gasteiger partial charge in [0.05, 0.1) is 12.2 Å².